The van der Waals surface area contributed by atoms with Gasteiger partial charge in [0.25, 0.3) is 0 Å². The van der Waals surface area contributed by atoms with Gasteiger partial charge in [0, 0.05) is 12.6 Å². The highest BCUT2D eigenvalue weighted by atomic mass is 16.4. The molecular formula is C14H27NO3. The lowest BCUT2D eigenvalue weighted by Crippen LogP contribution is -2.51. The van der Waals surface area contributed by atoms with E-state index in [9.17, 15) is 15.0 Å². The van der Waals surface area contributed by atoms with E-state index in [4.69, 9.17) is 0 Å². The molecule has 0 aromatic carbocycles. The second-order valence-corrected chi connectivity index (χ2v) is 6.67. The molecule has 1 fully saturated rings. The Bertz CT molecular complexity index is 283. The lowest BCUT2D eigenvalue weighted by atomic mass is 9.76. The topological polar surface area (TPSA) is 60.8 Å². The molecule has 0 spiro atoms. The Labute approximate surface area is 110 Å². The van der Waals surface area contributed by atoms with Crippen LogP contribution in [-0.4, -0.2) is 39.9 Å². The summed E-state index contributed by atoms with van der Waals surface area (Å²) in [6, 6.07) is 0.0859. The van der Waals surface area contributed by atoms with Crippen LogP contribution in [0.4, 0.5) is 4.79 Å². The number of aliphatic hydroxyl groups is 1. The van der Waals surface area contributed by atoms with E-state index in [2.05, 4.69) is 20.8 Å². The molecule has 0 aromatic rings. The van der Waals surface area contributed by atoms with Crippen LogP contribution in [0.5, 0.6) is 0 Å². The summed E-state index contributed by atoms with van der Waals surface area (Å²) in [7, 11) is 0. The van der Waals surface area contributed by atoms with Gasteiger partial charge in [0.2, 0.25) is 0 Å². The number of aliphatic hydroxyl groups excluding tert-OH is 1. The van der Waals surface area contributed by atoms with E-state index in [1.54, 1.807) is 4.90 Å². The Kier molecular flexibility index (Phi) is 5.02. The van der Waals surface area contributed by atoms with Crippen molar-refractivity contribution in [2.24, 2.45) is 11.3 Å². The second kappa shape index (κ2) is 5.91. The maximum Gasteiger partial charge on any atom is 0.407 e. The molecule has 1 heterocycles. The Morgan fingerprint density at radius 2 is 2.06 bits per heavy atom. The van der Waals surface area contributed by atoms with Crippen molar-refractivity contribution >= 4 is 6.09 Å². The van der Waals surface area contributed by atoms with Gasteiger partial charge in [-0.3, -0.25) is 0 Å². The normalized spacial score (nSPS) is 27.1. The summed E-state index contributed by atoms with van der Waals surface area (Å²) in [4.78, 5) is 12.9. The van der Waals surface area contributed by atoms with Crippen molar-refractivity contribution < 1.29 is 15.0 Å². The minimum atomic E-state index is -0.802. The van der Waals surface area contributed by atoms with Crippen LogP contribution < -0.4 is 0 Å². The molecule has 1 aliphatic rings. The fourth-order valence-electron chi connectivity index (χ4n) is 2.83. The first-order chi connectivity index (χ1) is 8.21. The zero-order valence-electron chi connectivity index (χ0n) is 12.0. The van der Waals surface area contributed by atoms with Gasteiger partial charge in [0.15, 0.2) is 0 Å². The fraction of sp³-hybridized carbons (Fsp3) is 0.929. The van der Waals surface area contributed by atoms with Crippen LogP contribution in [0.25, 0.3) is 0 Å². The van der Waals surface area contributed by atoms with Crippen LogP contribution in [0, 0.1) is 11.3 Å². The van der Waals surface area contributed by atoms with Crippen LogP contribution in [0.2, 0.25) is 0 Å². The summed E-state index contributed by atoms with van der Waals surface area (Å²) in [5.41, 5.74) is -0.0259. The number of hydrogen-bond acceptors (Lipinski definition) is 2. The molecule has 1 rings (SSSR count). The van der Waals surface area contributed by atoms with Gasteiger partial charge in [-0.2, -0.15) is 0 Å². The van der Waals surface area contributed by atoms with E-state index in [0.29, 0.717) is 12.5 Å². The summed E-state index contributed by atoms with van der Waals surface area (Å²) >= 11 is 0. The highest BCUT2D eigenvalue weighted by Crippen LogP contribution is 2.36. The quantitative estimate of drug-likeness (QED) is 0.817. The summed E-state index contributed by atoms with van der Waals surface area (Å²) in [5, 5.41) is 18.6. The Balaban J connectivity index is 2.65. The maximum absolute atomic E-state index is 11.3. The molecule has 0 radical (unpaired) electrons. The number of rotatable bonds is 3. The molecular weight excluding hydrogens is 230 g/mol. The summed E-state index contributed by atoms with van der Waals surface area (Å²) < 4.78 is 0. The number of nitrogens with zero attached hydrogens (tertiary/aromatic N) is 1. The van der Waals surface area contributed by atoms with Gasteiger partial charge >= 0.3 is 6.09 Å². The minimum Gasteiger partial charge on any atom is -0.465 e. The molecule has 2 N–H and O–H groups in total. The molecule has 0 aromatic heterocycles. The van der Waals surface area contributed by atoms with Gasteiger partial charge in [0.1, 0.15) is 0 Å². The van der Waals surface area contributed by atoms with E-state index in [0.717, 1.165) is 25.7 Å². The predicted molar refractivity (Wildman–Crippen MR) is 71.6 cm³/mol. The van der Waals surface area contributed by atoms with Crippen molar-refractivity contribution in [1.82, 2.24) is 4.90 Å². The molecule has 18 heavy (non-hydrogen) atoms. The van der Waals surface area contributed by atoms with Crippen molar-refractivity contribution in [2.45, 2.75) is 65.5 Å². The number of piperidine rings is 1. The second-order valence-electron chi connectivity index (χ2n) is 6.67. The number of hydrogen-bond donors (Lipinski definition) is 2. The third-order valence-corrected chi connectivity index (χ3v) is 3.95. The molecule has 1 saturated heterocycles. The van der Waals surface area contributed by atoms with Gasteiger partial charge in [-0.15, -0.1) is 0 Å². The molecule has 0 aliphatic carbocycles. The van der Waals surface area contributed by atoms with Crippen LogP contribution in [-0.2, 0) is 0 Å². The minimum absolute atomic E-state index is 0.0259. The van der Waals surface area contributed by atoms with Crippen LogP contribution >= 0.6 is 0 Å². The Hall–Kier alpha value is -0.770. The van der Waals surface area contributed by atoms with Gasteiger partial charge in [-0.25, -0.2) is 4.79 Å². The Morgan fingerprint density at radius 1 is 1.44 bits per heavy atom. The number of carboxylic acid groups (broad SMARTS) is 1. The Morgan fingerprint density at radius 3 is 2.50 bits per heavy atom. The summed E-state index contributed by atoms with van der Waals surface area (Å²) in [6.45, 7) is 8.75. The first-order valence-electron chi connectivity index (χ1n) is 6.89. The first kappa shape index (κ1) is 15.3. The average Bonchev–Trinajstić information content (AvgIpc) is 2.24. The van der Waals surface area contributed by atoms with Gasteiger partial charge in [0.05, 0.1) is 6.10 Å². The lowest BCUT2D eigenvalue weighted by Gasteiger charge is -2.44. The SMILES string of the molecule is C[C@H](O)CCC1CCN(C(=O)O)C(C(C)(C)C)C1. The van der Waals surface area contributed by atoms with E-state index >= 15 is 0 Å². The number of amides is 1. The molecule has 4 heteroatoms. The van der Waals surface area contributed by atoms with Crippen LogP contribution in [0.3, 0.4) is 0 Å². The molecule has 1 aliphatic heterocycles. The number of carbonyl (C=O) groups is 1. The third kappa shape index (κ3) is 4.16. The van der Waals surface area contributed by atoms with E-state index in [1.165, 1.54) is 0 Å². The molecule has 0 saturated carbocycles. The van der Waals surface area contributed by atoms with Crippen molar-refractivity contribution in [3.63, 3.8) is 0 Å². The predicted octanol–water partition coefficient (Wildman–Crippen LogP) is 2.95. The molecule has 1 amide bonds. The van der Waals surface area contributed by atoms with Gasteiger partial charge < -0.3 is 15.1 Å². The van der Waals surface area contributed by atoms with Crippen LogP contribution in [0.1, 0.15) is 53.4 Å². The standard InChI is InChI=1S/C14H27NO3/c1-10(16)5-6-11-7-8-15(13(17)18)12(9-11)14(2,3)4/h10-12,16H,5-9H2,1-4H3,(H,17,18)/t10-,11?,12?/m0/s1. The first-order valence-corrected chi connectivity index (χ1v) is 6.89. The van der Waals surface area contributed by atoms with Crippen molar-refractivity contribution in [3.8, 4) is 0 Å². The van der Waals surface area contributed by atoms with Crippen LogP contribution in [0.15, 0.2) is 0 Å². The highest BCUT2D eigenvalue weighted by Gasteiger charge is 2.38. The summed E-state index contributed by atoms with van der Waals surface area (Å²) in [5.74, 6) is 0.541. The van der Waals surface area contributed by atoms with E-state index in [1.807, 2.05) is 6.92 Å². The monoisotopic (exact) mass is 257 g/mol. The van der Waals surface area contributed by atoms with E-state index < -0.39 is 6.09 Å². The molecule has 3 atom stereocenters. The molecule has 4 nitrogen and oxygen atoms in total. The largest absolute Gasteiger partial charge is 0.465 e. The van der Waals surface area contributed by atoms with Crippen molar-refractivity contribution in [1.29, 1.82) is 0 Å². The van der Waals surface area contributed by atoms with Gasteiger partial charge in [-0.05, 0) is 43.9 Å². The highest BCUT2D eigenvalue weighted by molar-refractivity contribution is 5.65. The number of likely N-dealkylation sites (tertiary alicyclic amines) is 1. The van der Waals surface area contributed by atoms with Crippen molar-refractivity contribution in [2.75, 3.05) is 6.54 Å². The maximum atomic E-state index is 11.3. The smallest absolute Gasteiger partial charge is 0.407 e. The summed E-state index contributed by atoms with van der Waals surface area (Å²) in [6.07, 6.45) is 2.60. The zero-order valence-corrected chi connectivity index (χ0v) is 12.0. The molecule has 0 bridgehead atoms. The van der Waals surface area contributed by atoms with E-state index in [-0.39, 0.29) is 17.6 Å². The third-order valence-electron chi connectivity index (χ3n) is 3.95. The lowest BCUT2D eigenvalue weighted by molar-refractivity contribution is 0.0359. The fourth-order valence-corrected chi connectivity index (χ4v) is 2.83. The zero-order chi connectivity index (χ0) is 13.9. The molecule has 106 valence electrons. The average molecular weight is 257 g/mol. The van der Waals surface area contributed by atoms with Crippen molar-refractivity contribution in [3.05, 3.63) is 0 Å². The van der Waals surface area contributed by atoms with Gasteiger partial charge in [-0.1, -0.05) is 20.8 Å². The molecule has 2 unspecified atom stereocenters.